The van der Waals surface area contributed by atoms with Crippen LogP contribution in [0, 0.1) is 0 Å². The molecule has 92 valence electrons. The molecule has 3 rings (SSSR count). The number of hydrogen-bond acceptors (Lipinski definition) is 4. The number of nitrogen functional groups attached to an aromatic ring is 1. The molecule has 0 aliphatic carbocycles. The van der Waals surface area contributed by atoms with Crippen LogP contribution in [0.4, 0.5) is 11.4 Å². The van der Waals surface area contributed by atoms with Crippen LogP contribution in [0.15, 0.2) is 35.0 Å². The molecule has 1 aromatic heterocycles. The molecule has 0 bridgehead atoms. The van der Waals surface area contributed by atoms with Crippen molar-refractivity contribution >= 4 is 28.6 Å². The predicted octanol–water partition coefficient (Wildman–Crippen LogP) is 2.26. The number of ether oxygens (including phenoxy) is 1. The Bertz CT molecular complexity index is 581. The number of rotatable bonds is 2. The van der Waals surface area contributed by atoms with Crippen molar-refractivity contribution in [3.63, 3.8) is 0 Å². The number of anilines is 2. The van der Waals surface area contributed by atoms with Gasteiger partial charge in [0.15, 0.2) is 6.61 Å². The first kappa shape index (κ1) is 11.1. The molecule has 1 amide bonds. The number of carbonyl (C=O) groups is 1. The van der Waals surface area contributed by atoms with Crippen LogP contribution in [0.25, 0.3) is 0 Å². The summed E-state index contributed by atoms with van der Waals surface area (Å²) in [5.41, 5.74) is 8.26. The summed E-state index contributed by atoms with van der Waals surface area (Å²) >= 11 is 1.62. The smallest absolute Gasteiger partial charge is 0.265 e. The Balaban J connectivity index is 1.98. The summed E-state index contributed by atoms with van der Waals surface area (Å²) < 4.78 is 5.40. The van der Waals surface area contributed by atoms with E-state index < -0.39 is 0 Å². The van der Waals surface area contributed by atoms with E-state index >= 15 is 0 Å². The lowest BCUT2D eigenvalue weighted by Gasteiger charge is -2.29. The molecule has 0 atom stereocenters. The maximum atomic E-state index is 12.0. The molecule has 0 saturated heterocycles. The van der Waals surface area contributed by atoms with Crippen LogP contribution in [0.1, 0.15) is 5.56 Å². The first-order chi connectivity index (χ1) is 8.74. The highest BCUT2D eigenvalue weighted by molar-refractivity contribution is 7.07. The minimum Gasteiger partial charge on any atom is -0.482 e. The molecule has 0 radical (unpaired) electrons. The summed E-state index contributed by atoms with van der Waals surface area (Å²) in [4.78, 5) is 13.7. The van der Waals surface area contributed by atoms with E-state index in [4.69, 9.17) is 10.5 Å². The lowest BCUT2D eigenvalue weighted by molar-refractivity contribution is -0.121. The molecule has 18 heavy (non-hydrogen) atoms. The molecule has 1 aliphatic heterocycles. The molecule has 2 heterocycles. The lowest BCUT2D eigenvalue weighted by atomic mass is 10.2. The van der Waals surface area contributed by atoms with Crippen molar-refractivity contribution < 1.29 is 9.53 Å². The molecule has 0 fully saturated rings. The van der Waals surface area contributed by atoms with Gasteiger partial charge in [-0.05, 0) is 40.6 Å². The minimum atomic E-state index is -0.0423. The number of nitrogens with zero attached hydrogens (tertiary/aromatic N) is 1. The zero-order valence-electron chi connectivity index (χ0n) is 9.63. The molecule has 1 aromatic carbocycles. The molecular formula is C13H12N2O2S. The molecule has 4 nitrogen and oxygen atoms in total. The van der Waals surface area contributed by atoms with Crippen molar-refractivity contribution in [3.8, 4) is 5.75 Å². The number of amides is 1. The molecule has 0 saturated carbocycles. The summed E-state index contributed by atoms with van der Waals surface area (Å²) in [5.74, 6) is 0.665. The lowest BCUT2D eigenvalue weighted by Crippen LogP contribution is -2.38. The molecule has 2 aromatic rings. The first-order valence-corrected chi connectivity index (χ1v) is 6.52. The van der Waals surface area contributed by atoms with Crippen molar-refractivity contribution in [2.75, 3.05) is 17.2 Å². The fourth-order valence-electron chi connectivity index (χ4n) is 1.96. The minimum absolute atomic E-state index is 0.0423. The Morgan fingerprint density at radius 2 is 2.28 bits per heavy atom. The maximum Gasteiger partial charge on any atom is 0.265 e. The topological polar surface area (TPSA) is 55.6 Å². The van der Waals surface area contributed by atoms with Gasteiger partial charge >= 0.3 is 0 Å². The fraction of sp³-hybridized carbons (Fsp3) is 0.154. The fourth-order valence-corrected chi connectivity index (χ4v) is 2.62. The Hall–Kier alpha value is -2.01. The third-order valence-electron chi connectivity index (χ3n) is 2.85. The van der Waals surface area contributed by atoms with Crippen molar-refractivity contribution in [2.24, 2.45) is 0 Å². The van der Waals surface area contributed by atoms with Crippen LogP contribution in [0.2, 0.25) is 0 Å². The van der Waals surface area contributed by atoms with Crippen LogP contribution >= 0.6 is 11.3 Å². The monoisotopic (exact) mass is 260 g/mol. The van der Waals surface area contributed by atoms with E-state index in [0.717, 1.165) is 11.3 Å². The second kappa shape index (κ2) is 4.34. The highest BCUT2D eigenvalue weighted by atomic mass is 32.1. The van der Waals surface area contributed by atoms with E-state index in [1.54, 1.807) is 34.4 Å². The Morgan fingerprint density at radius 3 is 3.06 bits per heavy atom. The van der Waals surface area contributed by atoms with Crippen LogP contribution in [0.5, 0.6) is 5.75 Å². The first-order valence-electron chi connectivity index (χ1n) is 5.58. The van der Waals surface area contributed by atoms with Gasteiger partial charge in [-0.15, -0.1) is 0 Å². The number of thiophene rings is 1. The van der Waals surface area contributed by atoms with Gasteiger partial charge in [-0.3, -0.25) is 4.79 Å². The van der Waals surface area contributed by atoms with Gasteiger partial charge in [0.2, 0.25) is 0 Å². The van der Waals surface area contributed by atoms with Crippen LogP contribution in [-0.4, -0.2) is 12.5 Å². The standard InChI is InChI=1S/C13H12N2O2S/c14-10-1-2-12-11(5-10)15(13(16)7-17-12)6-9-3-4-18-8-9/h1-5,8H,6-7,14H2. The number of benzene rings is 1. The predicted molar refractivity (Wildman–Crippen MR) is 71.9 cm³/mol. The SMILES string of the molecule is Nc1ccc2c(c1)N(Cc1ccsc1)C(=O)CO2. The average Bonchev–Trinajstić information content (AvgIpc) is 2.86. The highest BCUT2D eigenvalue weighted by Crippen LogP contribution is 2.34. The Kier molecular flexibility index (Phi) is 2.68. The average molecular weight is 260 g/mol. The summed E-state index contributed by atoms with van der Waals surface area (Å²) in [6.07, 6.45) is 0. The number of nitrogens with two attached hydrogens (primary N) is 1. The number of hydrogen-bond donors (Lipinski definition) is 1. The molecule has 0 unspecified atom stereocenters. The van der Waals surface area contributed by atoms with Gasteiger partial charge in [-0.1, -0.05) is 0 Å². The van der Waals surface area contributed by atoms with Gasteiger partial charge in [-0.25, -0.2) is 0 Å². The van der Waals surface area contributed by atoms with Crippen LogP contribution in [-0.2, 0) is 11.3 Å². The molecule has 1 aliphatic rings. The van der Waals surface area contributed by atoms with Gasteiger partial charge in [0.1, 0.15) is 5.75 Å². The van der Waals surface area contributed by atoms with Crippen molar-refractivity contribution in [1.82, 2.24) is 0 Å². The zero-order valence-corrected chi connectivity index (χ0v) is 10.4. The molecule has 5 heteroatoms. The van der Waals surface area contributed by atoms with Crippen LogP contribution < -0.4 is 15.4 Å². The van der Waals surface area contributed by atoms with Gasteiger partial charge in [0.05, 0.1) is 12.2 Å². The van der Waals surface area contributed by atoms with E-state index in [2.05, 4.69) is 0 Å². The third-order valence-corrected chi connectivity index (χ3v) is 3.58. The summed E-state index contributed by atoms with van der Waals surface area (Å²) in [7, 11) is 0. The number of fused-ring (bicyclic) bond motifs is 1. The quantitative estimate of drug-likeness (QED) is 0.843. The van der Waals surface area contributed by atoms with Gasteiger partial charge in [-0.2, -0.15) is 11.3 Å². The summed E-state index contributed by atoms with van der Waals surface area (Å²) in [6, 6.07) is 7.37. The molecular weight excluding hydrogens is 248 g/mol. The normalized spacial score (nSPS) is 14.2. The molecule has 2 N–H and O–H groups in total. The van der Waals surface area contributed by atoms with Crippen LogP contribution in [0.3, 0.4) is 0 Å². The number of carbonyl (C=O) groups excluding carboxylic acids is 1. The Labute approximate surface area is 109 Å². The van der Waals surface area contributed by atoms with Gasteiger partial charge in [0.25, 0.3) is 5.91 Å². The van der Waals surface area contributed by atoms with E-state index in [-0.39, 0.29) is 12.5 Å². The molecule has 0 spiro atoms. The third kappa shape index (κ3) is 1.93. The van der Waals surface area contributed by atoms with E-state index in [0.29, 0.717) is 18.0 Å². The van der Waals surface area contributed by atoms with Gasteiger partial charge in [0, 0.05) is 5.69 Å². The second-order valence-electron chi connectivity index (χ2n) is 4.13. The Morgan fingerprint density at radius 1 is 1.39 bits per heavy atom. The summed E-state index contributed by atoms with van der Waals surface area (Å²) in [5, 5.41) is 4.04. The van der Waals surface area contributed by atoms with Crippen molar-refractivity contribution in [2.45, 2.75) is 6.54 Å². The van der Waals surface area contributed by atoms with Crippen molar-refractivity contribution in [3.05, 3.63) is 40.6 Å². The zero-order chi connectivity index (χ0) is 12.5. The van der Waals surface area contributed by atoms with E-state index in [9.17, 15) is 4.79 Å². The van der Waals surface area contributed by atoms with E-state index in [1.807, 2.05) is 16.8 Å². The largest absolute Gasteiger partial charge is 0.482 e. The highest BCUT2D eigenvalue weighted by Gasteiger charge is 2.25. The second-order valence-corrected chi connectivity index (χ2v) is 4.91. The van der Waals surface area contributed by atoms with Gasteiger partial charge < -0.3 is 15.4 Å². The van der Waals surface area contributed by atoms with E-state index in [1.165, 1.54) is 0 Å². The maximum absolute atomic E-state index is 12.0. The summed E-state index contributed by atoms with van der Waals surface area (Å²) in [6.45, 7) is 0.642. The van der Waals surface area contributed by atoms with Crippen molar-refractivity contribution in [1.29, 1.82) is 0 Å².